The van der Waals surface area contributed by atoms with Crippen molar-refractivity contribution in [3.63, 3.8) is 0 Å². The maximum Gasteiger partial charge on any atom is 0.156 e. The molecule has 3 N–H and O–H groups in total. The number of hydrogen-bond donors (Lipinski definition) is 3. The van der Waals surface area contributed by atoms with E-state index in [2.05, 4.69) is 12.8 Å². The molecule has 0 saturated heterocycles. The van der Waals surface area contributed by atoms with Crippen LogP contribution in [0.25, 0.3) is 0 Å². The Morgan fingerprint density at radius 2 is 1.72 bits per heavy atom. The quantitative estimate of drug-likeness (QED) is 0.589. The summed E-state index contributed by atoms with van der Waals surface area (Å²) in [4.78, 5) is 0. The highest BCUT2D eigenvalue weighted by molar-refractivity contribution is 5.27. The van der Waals surface area contributed by atoms with Crippen molar-refractivity contribution in [1.29, 1.82) is 0 Å². The van der Waals surface area contributed by atoms with Crippen LogP contribution in [-0.2, 0) is 0 Å². The van der Waals surface area contributed by atoms with Crippen LogP contribution in [0.1, 0.15) is 58.8 Å². The SMILES string of the molecule is C#C[C@@]1(O)[C@@H](O)C[C@H]2[C@@H]3CCC4[C@H](F)[C@@H](O)CC[C@]4(C)[C@H]3CC[C@@]21C. The standard InChI is InChI=1S/C21H31FO3/c1-4-21(25)17(24)11-15-12-5-6-14-18(22)16(23)8-9-19(14,2)13(12)7-10-20(15,21)3/h1,12-18,23-25H,5-11H2,2-3H3/t12-,13+,14?,15+,16+,17+,18+,19-,20+,21-/m1/s1. The van der Waals surface area contributed by atoms with Crippen molar-refractivity contribution in [3.8, 4) is 12.3 Å². The summed E-state index contributed by atoms with van der Waals surface area (Å²) in [6.07, 6.45) is 8.17. The molecule has 0 spiro atoms. The zero-order chi connectivity index (χ0) is 18.2. The highest BCUT2D eigenvalue weighted by Crippen LogP contribution is 2.68. The molecule has 0 radical (unpaired) electrons. The maximum absolute atomic E-state index is 14.7. The maximum atomic E-state index is 14.7. The molecule has 25 heavy (non-hydrogen) atoms. The molecular formula is C21H31FO3. The first kappa shape index (κ1) is 17.8. The highest BCUT2D eigenvalue weighted by Gasteiger charge is 2.68. The van der Waals surface area contributed by atoms with E-state index in [4.69, 9.17) is 6.42 Å². The lowest BCUT2D eigenvalue weighted by atomic mass is 9.44. The lowest BCUT2D eigenvalue weighted by Crippen LogP contribution is -2.59. The van der Waals surface area contributed by atoms with Gasteiger partial charge in [-0.15, -0.1) is 6.42 Å². The van der Waals surface area contributed by atoms with Crippen LogP contribution in [0.5, 0.6) is 0 Å². The average molecular weight is 350 g/mol. The van der Waals surface area contributed by atoms with E-state index < -0.39 is 29.4 Å². The third-order valence-corrected chi connectivity index (χ3v) is 9.11. The molecule has 10 atom stereocenters. The van der Waals surface area contributed by atoms with Gasteiger partial charge in [0.1, 0.15) is 6.17 Å². The second kappa shape index (κ2) is 5.44. The van der Waals surface area contributed by atoms with E-state index in [0.29, 0.717) is 24.7 Å². The average Bonchev–Trinajstić information content (AvgIpc) is 2.79. The van der Waals surface area contributed by atoms with Crippen LogP contribution in [0.15, 0.2) is 0 Å². The Bertz CT molecular complexity index is 602. The number of aliphatic hydroxyl groups is 3. The van der Waals surface area contributed by atoms with Crippen molar-refractivity contribution in [2.75, 3.05) is 0 Å². The fourth-order valence-corrected chi connectivity index (χ4v) is 7.55. The van der Waals surface area contributed by atoms with E-state index >= 15 is 0 Å². The summed E-state index contributed by atoms with van der Waals surface area (Å²) < 4.78 is 14.7. The first-order valence-corrected chi connectivity index (χ1v) is 9.89. The Labute approximate surface area is 150 Å². The zero-order valence-corrected chi connectivity index (χ0v) is 15.3. The third-order valence-electron chi connectivity index (χ3n) is 9.11. The van der Waals surface area contributed by atoms with Gasteiger partial charge in [-0.05, 0) is 74.0 Å². The Hall–Kier alpha value is -0.630. The fraction of sp³-hybridized carbons (Fsp3) is 0.905. The van der Waals surface area contributed by atoms with Crippen LogP contribution in [-0.4, -0.2) is 39.3 Å². The van der Waals surface area contributed by atoms with Crippen molar-refractivity contribution in [1.82, 2.24) is 0 Å². The van der Waals surface area contributed by atoms with Crippen LogP contribution >= 0.6 is 0 Å². The summed E-state index contributed by atoms with van der Waals surface area (Å²) in [6.45, 7) is 4.26. The molecule has 0 amide bonds. The van der Waals surface area contributed by atoms with Crippen molar-refractivity contribution < 1.29 is 19.7 Å². The van der Waals surface area contributed by atoms with Gasteiger partial charge in [0, 0.05) is 5.41 Å². The molecule has 4 rings (SSSR count). The summed E-state index contributed by atoms with van der Waals surface area (Å²) in [5, 5.41) is 31.5. The van der Waals surface area contributed by atoms with Gasteiger partial charge >= 0.3 is 0 Å². The molecule has 4 fully saturated rings. The van der Waals surface area contributed by atoms with Crippen LogP contribution in [0.2, 0.25) is 0 Å². The lowest BCUT2D eigenvalue weighted by Gasteiger charge is -2.61. The first-order chi connectivity index (χ1) is 11.7. The van der Waals surface area contributed by atoms with E-state index in [1.807, 2.05) is 6.92 Å². The zero-order valence-electron chi connectivity index (χ0n) is 15.3. The molecule has 4 heteroatoms. The number of aliphatic hydroxyl groups excluding tert-OH is 2. The molecule has 4 aliphatic rings. The molecule has 0 bridgehead atoms. The van der Waals surface area contributed by atoms with Gasteiger partial charge in [-0.1, -0.05) is 19.8 Å². The molecule has 1 unspecified atom stereocenters. The van der Waals surface area contributed by atoms with E-state index in [1.54, 1.807) is 0 Å². The van der Waals surface area contributed by atoms with Gasteiger partial charge in [0.2, 0.25) is 0 Å². The Balaban J connectivity index is 1.68. The molecule has 4 aliphatic carbocycles. The molecule has 0 aromatic rings. The van der Waals surface area contributed by atoms with Crippen LogP contribution in [0.3, 0.4) is 0 Å². The number of terminal acetylenes is 1. The Morgan fingerprint density at radius 1 is 1.00 bits per heavy atom. The number of alkyl halides is 1. The molecule has 3 nitrogen and oxygen atoms in total. The van der Waals surface area contributed by atoms with E-state index in [1.165, 1.54) is 0 Å². The number of halogens is 1. The van der Waals surface area contributed by atoms with Crippen LogP contribution in [0.4, 0.5) is 4.39 Å². The predicted molar refractivity (Wildman–Crippen MR) is 93.2 cm³/mol. The molecule has 0 aromatic heterocycles. The van der Waals surface area contributed by atoms with Gasteiger partial charge in [0.25, 0.3) is 0 Å². The van der Waals surface area contributed by atoms with Crippen molar-refractivity contribution >= 4 is 0 Å². The summed E-state index contributed by atoms with van der Waals surface area (Å²) >= 11 is 0. The van der Waals surface area contributed by atoms with E-state index in [9.17, 15) is 19.7 Å². The van der Waals surface area contributed by atoms with Gasteiger partial charge in [-0.3, -0.25) is 0 Å². The van der Waals surface area contributed by atoms with Crippen LogP contribution < -0.4 is 0 Å². The normalized spacial score (nSPS) is 60.9. The van der Waals surface area contributed by atoms with Crippen molar-refractivity contribution in [2.24, 2.45) is 34.5 Å². The molecule has 4 saturated carbocycles. The smallest absolute Gasteiger partial charge is 0.156 e. The van der Waals surface area contributed by atoms with Crippen molar-refractivity contribution in [2.45, 2.75) is 82.8 Å². The van der Waals surface area contributed by atoms with Crippen LogP contribution in [0, 0.1) is 46.8 Å². The molecule has 0 heterocycles. The van der Waals surface area contributed by atoms with E-state index in [-0.39, 0.29) is 17.3 Å². The molecule has 140 valence electrons. The van der Waals surface area contributed by atoms with E-state index in [0.717, 1.165) is 32.1 Å². The Morgan fingerprint density at radius 3 is 2.40 bits per heavy atom. The second-order valence-corrected chi connectivity index (χ2v) is 9.74. The van der Waals surface area contributed by atoms with Gasteiger partial charge < -0.3 is 15.3 Å². The lowest BCUT2D eigenvalue weighted by molar-refractivity contribution is -0.169. The summed E-state index contributed by atoms with van der Waals surface area (Å²) in [5.74, 6) is 3.40. The van der Waals surface area contributed by atoms with Gasteiger partial charge in [0.15, 0.2) is 5.60 Å². The van der Waals surface area contributed by atoms with Gasteiger partial charge in [0.05, 0.1) is 12.2 Å². The Kier molecular flexibility index (Phi) is 3.87. The highest BCUT2D eigenvalue weighted by atomic mass is 19.1. The van der Waals surface area contributed by atoms with Crippen molar-refractivity contribution in [3.05, 3.63) is 0 Å². The largest absolute Gasteiger partial charge is 0.390 e. The third kappa shape index (κ3) is 2.04. The summed E-state index contributed by atoms with van der Waals surface area (Å²) in [6, 6.07) is 0. The summed E-state index contributed by atoms with van der Waals surface area (Å²) in [5.41, 5.74) is -2.01. The topological polar surface area (TPSA) is 60.7 Å². The summed E-state index contributed by atoms with van der Waals surface area (Å²) in [7, 11) is 0. The van der Waals surface area contributed by atoms with Gasteiger partial charge in [-0.2, -0.15) is 0 Å². The molecule has 0 aromatic carbocycles. The minimum absolute atomic E-state index is 0.0697. The predicted octanol–water partition coefficient (Wildman–Crippen LogP) is 2.67. The minimum Gasteiger partial charge on any atom is -0.390 e. The monoisotopic (exact) mass is 350 g/mol. The molecule has 0 aliphatic heterocycles. The number of fused-ring (bicyclic) bond motifs is 5. The minimum atomic E-state index is -1.45. The first-order valence-electron chi connectivity index (χ1n) is 9.89. The van der Waals surface area contributed by atoms with Gasteiger partial charge in [-0.25, -0.2) is 4.39 Å². The fourth-order valence-electron chi connectivity index (χ4n) is 7.55. The number of hydrogen-bond acceptors (Lipinski definition) is 3. The molecular weight excluding hydrogens is 319 g/mol. The number of rotatable bonds is 0. The second-order valence-electron chi connectivity index (χ2n) is 9.74.